The number of carbonyl (C=O) groups excluding carboxylic acids is 1. The summed E-state index contributed by atoms with van der Waals surface area (Å²) >= 11 is 0. The Morgan fingerprint density at radius 1 is 0.263 bits per heavy atom. The van der Waals surface area contributed by atoms with Gasteiger partial charge in [0.15, 0.2) is 0 Å². The first kappa shape index (κ1) is 54.9. The Hall–Kier alpha value is -0.410. The van der Waals surface area contributed by atoms with Gasteiger partial charge in [-0.05, 0) is 313 Å². The molecule has 0 radical (unpaired) electrons. The predicted octanol–water partition coefficient (Wildman–Crippen LogP) is 19.3. The van der Waals surface area contributed by atoms with E-state index in [1.807, 2.05) is 0 Å². The van der Waals surface area contributed by atoms with Gasteiger partial charge >= 0.3 is 0 Å². The number of nitrogens with zero attached hydrogens (tertiary/aromatic N) is 2. The second-order valence-electron chi connectivity index (χ2n) is 37.1. The minimum absolute atomic E-state index is 0.352. The molecule has 3 heteroatoms. The van der Waals surface area contributed by atoms with Crippen LogP contribution >= 0.6 is 0 Å². The maximum Gasteiger partial charge on any atom is 0.139 e. The largest absolute Gasteiger partial charge is 0.299 e. The number of rotatable bonds is 6. The number of ketones is 1. The van der Waals surface area contributed by atoms with Crippen LogP contribution in [0.5, 0.6) is 0 Å². The van der Waals surface area contributed by atoms with E-state index in [2.05, 4.69) is 65.2 Å². The van der Waals surface area contributed by atoms with Crippen molar-refractivity contribution >= 4 is 5.78 Å². The lowest BCUT2D eigenvalue weighted by Crippen LogP contribution is -2.64. The Morgan fingerprint density at radius 3 is 0.975 bits per heavy atom. The smallest absolute Gasteiger partial charge is 0.139 e. The monoisotopic (exact) mass is 1090 g/mol. The van der Waals surface area contributed by atoms with E-state index in [4.69, 9.17) is 0 Å². The fraction of sp³-hybridized carbons (Fsp3) is 0.987. The molecule has 16 fully saturated rings. The van der Waals surface area contributed by atoms with E-state index in [9.17, 15) is 0 Å². The first-order valence-electron chi connectivity index (χ1n) is 37.7. The van der Waals surface area contributed by atoms with Crippen LogP contribution in [0.25, 0.3) is 0 Å². The van der Waals surface area contributed by atoms with Gasteiger partial charge in [0.2, 0.25) is 0 Å². The van der Waals surface area contributed by atoms with Crippen molar-refractivity contribution in [1.29, 1.82) is 0 Å². The van der Waals surface area contributed by atoms with Crippen LogP contribution < -0.4 is 0 Å². The van der Waals surface area contributed by atoms with E-state index in [0.29, 0.717) is 51.4 Å². The Bertz CT molecular complexity index is 2160. The zero-order valence-corrected chi connectivity index (χ0v) is 53.4. The highest BCUT2D eigenvalue weighted by Crippen LogP contribution is 2.70. The first-order chi connectivity index (χ1) is 38.6. The maximum absolute atomic E-state index is 16.2. The molecule has 0 spiro atoms. The quantitative estimate of drug-likeness (QED) is 0.265. The van der Waals surface area contributed by atoms with Crippen LogP contribution in [0.2, 0.25) is 0 Å². The van der Waals surface area contributed by atoms with E-state index in [-0.39, 0.29) is 0 Å². The summed E-state index contributed by atoms with van der Waals surface area (Å²) in [6, 6.07) is 4.43. The molecule has 0 heterocycles. The normalized spacial score (nSPS) is 54.9. The first-order valence-corrected chi connectivity index (χ1v) is 37.7. The second-order valence-corrected chi connectivity index (χ2v) is 37.1. The molecular formula is C77H124N2O. The average molecular weight is 1090 g/mol. The Labute approximate surface area is 492 Å². The maximum atomic E-state index is 16.2. The van der Waals surface area contributed by atoms with Crippen molar-refractivity contribution in [3.63, 3.8) is 0 Å². The molecule has 16 aliphatic carbocycles. The van der Waals surface area contributed by atoms with Gasteiger partial charge in [-0.15, -0.1) is 0 Å². The van der Waals surface area contributed by atoms with Gasteiger partial charge in [-0.3, -0.25) is 14.6 Å². The highest BCUT2D eigenvalue weighted by molar-refractivity contribution is 5.85. The fourth-order valence-electron chi connectivity index (χ4n) is 31.3. The number of carbonyl (C=O) groups is 1. The van der Waals surface area contributed by atoms with Gasteiger partial charge in [-0.25, -0.2) is 0 Å². The highest BCUT2D eigenvalue weighted by atomic mass is 16.1. The number of hydrogen-bond acceptors (Lipinski definition) is 3. The molecule has 80 heavy (non-hydrogen) atoms. The summed E-state index contributed by atoms with van der Waals surface area (Å²) in [7, 11) is 0. The molecule has 16 saturated carbocycles. The Balaban J connectivity index is 0.689. The summed E-state index contributed by atoms with van der Waals surface area (Å²) in [5.41, 5.74) is 2.00. The number of fused-ring (bicyclic) bond motifs is 14. The van der Waals surface area contributed by atoms with Crippen molar-refractivity contribution in [1.82, 2.24) is 9.80 Å². The lowest BCUT2D eigenvalue weighted by molar-refractivity contribution is -0.161. The van der Waals surface area contributed by atoms with Crippen molar-refractivity contribution in [2.45, 2.75) is 323 Å². The molecule has 0 aliphatic heterocycles. The van der Waals surface area contributed by atoms with Crippen LogP contribution in [-0.4, -0.2) is 51.8 Å². The molecular weight excluding hydrogens is 969 g/mol. The van der Waals surface area contributed by atoms with E-state index in [1.54, 1.807) is 0 Å². The topological polar surface area (TPSA) is 23.6 Å². The van der Waals surface area contributed by atoms with Crippen molar-refractivity contribution in [2.24, 2.45) is 152 Å². The molecule has 0 aromatic heterocycles. The summed E-state index contributed by atoms with van der Waals surface area (Å²) in [6.07, 6.45) is 53.1. The summed E-state index contributed by atoms with van der Waals surface area (Å²) in [5, 5.41) is 0. The van der Waals surface area contributed by atoms with E-state index >= 15 is 4.79 Å². The van der Waals surface area contributed by atoms with Crippen LogP contribution in [-0.2, 0) is 4.79 Å². The van der Waals surface area contributed by atoms with Gasteiger partial charge in [0.1, 0.15) is 5.78 Å². The molecule has 0 bridgehead atoms. The van der Waals surface area contributed by atoms with Crippen LogP contribution in [0.15, 0.2) is 0 Å². The minimum Gasteiger partial charge on any atom is -0.299 e. The van der Waals surface area contributed by atoms with Gasteiger partial charge in [0.05, 0.1) is 0 Å². The molecule has 16 rings (SSSR count). The third kappa shape index (κ3) is 8.20. The Kier molecular flexibility index (Phi) is 14.0. The third-order valence-corrected chi connectivity index (χ3v) is 34.1. The number of hydrogen-bond donors (Lipinski definition) is 0. The molecule has 28 atom stereocenters. The molecule has 16 aliphatic rings. The second kappa shape index (κ2) is 20.3. The zero-order valence-electron chi connectivity index (χ0n) is 53.4. The van der Waals surface area contributed by atoms with Crippen LogP contribution in [0.1, 0.15) is 287 Å². The molecule has 0 N–H and O–H groups in total. The minimum atomic E-state index is 0.352. The van der Waals surface area contributed by atoms with Gasteiger partial charge in [-0.1, -0.05) is 113 Å². The van der Waals surface area contributed by atoms with Crippen molar-refractivity contribution in [2.75, 3.05) is 0 Å². The average Bonchev–Trinajstić information content (AvgIpc) is 4.06. The predicted molar refractivity (Wildman–Crippen MR) is 330 cm³/mol. The van der Waals surface area contributed by atoms with Crippen LogP contribution in [0, 0.1) is 152 Å². The molecule has 448 valence electrons. The van der Waals surface area contributed by atoms with Crippen molar-refractivity contribution in [3.8, 4) is 0 Å². The van der Waals surface area contributed by atoms with Gasteiger partial charge in [0.25, 0.3) is 0 Å². The summed E-state index contributed by atoms with van der Waals surface area (Å²) in [6.45, 7) is 22.2. The lowest BCUT2D eigenvalue weighted by Gasteiger charge is -2.62. The molecule has 0 amide bonds. The molecule has 28 unspecified atom stereocenters. The van der Waals surface area contributed by atoms with E-state index in [0.717, 1.165) is 143 Å². The summed E-state index contributed by atoms with van der Waals surface area (Å²) in [5.74, 6) is 20.1. The van der Waals surface area contributed by atoms with Crippen molar-refractivity contribution < 1.29 is 4.79 Å². The third-order valence-electron chi connectivity index (χ3n) is 34.1. The molecule has 0 aromatic carbocycles. The van der Waals surface area contributed by atoms with Gasteiger partial charge in [0, 0.05) is 48.1 Å². The van der Waals surface area contributed by atoms with Crippen LogP contribution in [0.4, 0.5) is 0 Å². The SMILES string of the molecule is CC1(C)C2CCCCC2C2CCC(N(C3CCC4C(C3)C(=O)C3CCCC5C3C4CCC5N(C3CCC4C5CCCCC5C(C)(C)C4C3)C3CCC4C5CCCCC5C(C)(C)C4C3)C3CCC4C5CCCCC5C(C)(C)C4C3)CC21. The fourth-order valence-corrected chi connectivity index (χ4v) is 31.3. The van der Waals surface area contributed by atoms with Crippen molar-refractivity contribution in [3.05, 3.63) is 0 Å². The summed E-state index contributed by atoms with van der Waals surface area (Å²) in [4.78, 5) is 23.1. The number of Topliss-reactive ketones (excluding diaryl/α,β-unsaturated/α-hetero) is 1. The molecule has 0 aromatic rings. The summed E-state index contributed by atoms with van der Waals surface area (Å²) < 4.78 is 0. The van der Waals surface area contributed by atoms with Gasteiger partial charge < -0.3 is 0 Å². The zero-order chi connectivity index (χ0) is 54.4. The highest BCUT2D eigenvalue weighted by Gasteiger charge is 2.65. The lowest BCUT2D eigenvalue weighted by atomic mass is 9.47. The Morgan fingerprint density at radius 2 is 0.575 bits per heavy atom. The standard InChI is InChI=1S/C77H124N2O/c1-74(2)63-24-13-9-18-51(63)55-34-29-46(41-67(55)74)78(47-30-35-56-52-19-10-14-25-64(52)75(3,4)68(56)42-47)45-28-33-50-59-38-39-71(60-22-17-23-61(72(59)60)73(80)62(50)40-45)79(48-31-36-57-53-20-11-15-26-65(53)76(5,6)69(57)43-48)49-32-37-58-54-21-12-16-27-66(54)77(7,8)70(58)44-49/h45-72H,9-44H2,1-8H3. The van der Waals surface area contributed by atoms with Crippen LogP contribution in [0.3, 0.4) is 0 Å². The molecule has 0 saturated heterocycles. The van der Waals surface area contributed by atoms with E-state index in [1.165, 1.54) is 231 Å². The van der Waals surface area contributed by atoms with E-state index < -0.39 is 0 Å². The van der Waals surface area contributed by atoms with Gasteiger partial charge in [-0.2, -0.15) is 0 Å². The molecule has 3 nitrogen and oxygen atoms in total.